The molecule has 24 heavy (non-hydrogen) atoms. The molecule has 0 unspecified atom stereocenters. The van der Waals surface area contributed by atoms with Crippen molar-refractivity contribution in [1.29, 1.82) is 0 Å². The van der Waals surface area contributed by atoms with E-state index in [1.807, 2.05) is 6.07 Å². The van der Waals surface area contributed by atoms with Crippen LogP contribution in [0.1, 0.15) is 34.3 Å². The second-order valence-electron chi connectivity index (χ2n) is 6.06. The summed E-state index contributed by atoms with van der Waals surface area (Å²) < 4.78 is 0. The van der Waals surface area contributed by atoms with E-state index in [2.05, 4.69) is 28.4 Å². The standard InChI is InChI=1S/C19H23N3O.ClH/c20-18-9-7-15(8-10-18)19(23)21-13-16-5-1-2-6-17(16)14-22-11-3-4-12-22;/h1-2,5-10H,3-4,11-14,20H2,(H,21,23);1H. The molecule has 0 bridgehead atoms. The minimum Gasteiger partial charge on any atom is -0.399 e. The smallest absolute Gasteiger partial charge is 0.251 e. The molecular weight excluding hydrogens is 322 g/mol. The molecule has 3 rings (SSSR count). The number of amides is 1. The van der Waals surface area contributed by atoms with Crippen LogP contribution in [0.4, 0.5) is 5.69 Å². The first-order valence-electron chi connectivity index (χ1n) is 8.15. The lowest BCUT2D eigenvalue weighted by molar-refractivity contribution is 0.0951. The predicted octanol–water partition coefficient (Wildman–Crippen LogP) is 3.22. The van der Waals surface area contributed by atoms with Gasteiger partial charge >= 0.3 is 0 Å². The lowest BCUT2D eigenvalue weighted by Crippen LogP contribution is -2.25. The van der Waals surface area contributed by atoms with E-state index >= 15 is 0 Å². The van der Waals surface area contributed by atoms with Crippen LogP contribution in [0.25, 0.3) is 0 Å². The molecule has 5 heteroatoms. The monoisotopic (exact) mass is 345 g/mol. The predicted molar refractivity (Wildman–Crippen MR) is 100 cm³/mol. The minimum absolute atomic E-state index is 0. The number of nitrogens with two attached hydrogens (primary N) is 1. The van der Waals surface area contributed by atoms with Crippen molar-refractivity contribution in [2.45, 2.75) is 25.9 Å². The zero-order chi connectivity index (χ0) is 16.1. The number of halogens is 1. The number of rotatable bonds is 5. The fourth-order valence-electron chi connectivity index (χ4n) is 2.98. The molecule has 2 aromatic carbocycles. The normalized spacial score (nSPS) is 14.2. The van der Waals surface area contributed by atoms with Gasteiger partial charge in [-0.15, -0.1) is 12.4 Å². The third kappa shape index (κ3) is 4.73. The van der Waals surface area contributed by atoms with E-state index in [-0.39, 0.29) is 18.3 Å². The van der Waals surface area contributed by atoms with Crippen molar-refractivity contribution in [2.75, 3.05) is 18.8 Å². The van der Waals surface area contributed by atoms with Gasteiger partial charge in [-0.1, -0.05) is 24.3 Å². The lowest BCUT2D eigenvalue weighted by atomic mass is 10.1. The molecule has 128 valence electrons. The first kappa shape index (κ1) is 18.3. The summed E-state index contributed by atoms with van der Waals surface area (Å²) in [5.74, 6) is -0.0685. The van der Waals surface area contributed by atoms with Gasteiger partial charge in [0.1, 0.15) is 0 Å². The number of hydrogen-bond donors (Lipinski definition) is 2. The molecule has 1 aliphatic heterocycles. The van der Waals surface area contributed by atoms with Crippen LogP contribution in [0.15, 0.2) is 48.5 Å². The zero-order valence-corrected chi connectivity index (χ0v) is 14.5. The molecule has 0 atom stereocenters. The van der Waals surface area contributed by atoms with Crippen molar-refractivity contribution in [3.63, 3.8) is 0 Å². The molecular formula is C19H24ClN3O. The molecule has 1 heterocycles. The van der Waals surface area contributed by atoms with Gasteiger partial charge in [0.05, 0.1) is 0 Å². The van der Waals surface area contributed by atoms with Gasteiger partial charge in [0.2, 0.25) is 0 Å². The van der Waals surface area contributed by atoms with Gasteiger partial charge in [-0.05, 0) is 61.3 Å². The Morgan fingerprint density at radius 2 is 1.62 bits per heavy atom. The molecule has 0 radical (unpaired) electrons. The first-order valence-corrected chi connectivity index (χ1v) is 8.15. The number of carbonyl (C=O) groups is 1. The van der Waals surface area contributed by atoms with Gasteiger partial charge in [-0.2, -0.15) is 0 Å². The summed E-state index contributed by atoms with van der Waals surface area (Å²) in [6, 6.07) is 15.3. The van der Waals surface area contributed by atoms with Crippen molar-refractivity contribution < 1.29 is 4.79 Å². The fourth-order valence-corrected chi connectivity index (χ4v) is 2.98. The number of nitrogen functional groups attached to an aromatic ring is 1. The van der Waals surface area contributed by atoms with Gasteiger partial charge < -0.3 is 11.1 Å². The van der Waals surface area contributed by atoms with Crippen LogP contribution in [-0.2, 0) is 13.1 Å². The molecule has 0 spiro atoms. The lowest BCUT2D eigenvalue weighted by Gasteiger charge is -2.17. The quantitative estimate of drug-likeness (QED) is 0.818. The van der Waals surface area contributed by atoms with E-state index in [9.17, 15) is 4.79 Å². The number of benzene rings is 2. The molecule has 1 aliphatic rings. The highest BCUT2D eigenvalue weighted by atomic mass is 35.5. The van der Waals surface area contributed by atoms with Crippen LogP contribution < -0.4 is 11.1 Å². The average molecular weight is 346 g/mol. The third-order valence-electron chi connectivity index (χ3n) is 4.32. The van der Waals surface area contributed by atoms with Gasteiger partial charge in [0.15, 0.2) is 0 Å². The maximum Gasteiger partial charge on any atom is 0.251 e. The Balaban J connectivity index is 0.00000208. The summed E-state index contributed by atoms with van der Waals surface area (Å²) in [6.45, 7) is 3.86. The van der Waals surface area contributed by atoms with Crippen molar-refractivity contribution in [1.82, 2.24) is 10.2 Å². The maximum absolute atomic E-state index is 12.2. The first-order chi connectivity index (χ1) is 11.2. The Hall–Kier alpha value is -2.04. The molecule has 0 aliphatic carbocycles. The van der Waals surface area contributed by atoms with Crippen LogP contribution >= 0.6 is 12.4 Å². The highest BCUT2D eigenvalue weighted by molar-refractivity contribution is 5.94. The number of anilines is 1. The molecule has 2 aromatic rings. The number of nitrogens with zero attached hydrogens (tertiary/aromatic N) is 1. The summed E-state index contributed by atoms with van der Waals surface area (Å²) in [5.41, 5.74) is 9.43. The van der Waals surface area contributed by atoms with Crippen molar-refractivity contribution in [2.24, 2.45) is 0 Å². The highest BCUT2D eigenvalue weighted by Gasteiger charge is 2.14. The SMILES string of the molecule is Cl.Nc1ccc(C(=O)NCc2ccccc2CN2CCCC2)cc1. The fraction of sp³-hybridized carbons (Fsp3) is 0.316. The minimum atomic E-state index is -0.0685. The Morgan fingerprint density at radius 3 is 2.29 bits per heavy atom. The molecule has 0 aromatic heterocycles. The van der Waals surface area contributed by atoms with Crippen LogP contribution in [0, 0.1) is 0 Å². The number of nitrogens with one attached hydrogen (secondary N) is 1. The Kier molecular flexibility index (Phi) is 6.64. The summed E-state index contributed by atoms with van der Waals surface area (Å²) in [5, 5.41) is 3.00. The molecule has 1 saturated heterocycles. The van der Waals surface area contributed by atoms with Crippen LogP contribution in [0.5, 0.6) is 0 Å². The molecule has 0 saturated carbocycles. The van der Waals surface area contributed by atoms with Crippen molar-refractivity contribution >= 4 is 24.0 Å². The van der Waals surface area contributed by atoms with Gasteiger partial charge in [-0.3, -0.25) is 9.69 Å². The average Bonchev–Trinajstić information content (AvgIpc) is 3.07. The third-order valence-corrected chi connectivity index (χ3v) is 4.32. The molecule has 1 fully saturated rings. The van der Waals surface area contributed by atoms with Gasteiger partial charge in [-0.25, -0.2) is 0 Å². The van der Waals surface area contributed by atoms with Crippen LogP contribution in [-0.4, -0.2) is 23.9 Å². The van der Waals surface area contributed by atoms with Crippen molar-refractivity contribution in [3.8, 4) is 0 Å². The summed E-state index contributed by atoms with van der Waals surface area (Å²) in [6.07, 6.45) is 2.58. The second-order valence-corrected chi connectivity index (χ2v) is 6.06. The Morgan fingerprint density at radius 1 is 1.00 bits per heavy atom. The van der Waals surface area contributed by atoms with E-state index in [0.717, 1.165) is 6.54 Å². The van der Waals surface area contributed by atoms with E-state index in [4.69, 9.17) is 5.73 Å². The molecule has 4 nitrogen and oxygen atoms in total. The number of carbonyl (C=O) groups excluding carboxylic acids is 1. The Labute approximate surface area is 149 Å². The molecule has 1 amide bonds. The summed E-state index contributed by atoms with van der Waals surface area (Å²) in [7, 11) is 0. The molecule has 3 N–H and O–H groups in total. The number of likely N-dealkylation sites (tertiary alicyclic amines) is 1. The van der Waals surface area contributed by atoms with E-state index in [0.29, 0.717) is 17.8 Å². The number of hydrogen-bond acceptors (Lipinski definition) is 3. The second kappa shape index (κ2) is 8.71. The summed E-state index contributed by atoms with van der Waals surface area (Å²) in [4.78, 5) is 14.7. The van der Waals surface area contributed by atoms with Crippen LogP contribution in [0.3, 0.4) is 0 Å². The van der Waals surface area contributed by atoms with Gasteiger partial charge in [0, 0.05) is 24.3 Å². The Bertz CT molecular complexity index is 667. The highest BCUT2D eigenvalue weighted by Crippen LogP contribution is 2.16. The zero-order valence-electron chi connectivity index (χ0n) is 13.7. The largest absolute Gasteiger partial charge is 0.399 e. The van der Waals surface area contributed by atoms with E-state index in [1.165, 1.54) is 37.1 Å². The summed E-state index contributed by atoms with van der Waals surface area (Å²) >= 11 is 0. The van der Waals surface area contributed by atoms with Crippen LogP contribution in [0.2, 0.25) is 0 Å². The van der Waals surface area contributed by atoms with E-state index in [1.54, 1.807) is 24.3 Å². The maximum atomic E-state index is 12.2. The topological polar surface area (TPSA) is 58.4 Å². The van der Waals surface area contributed by atoms with Crippen molar-refractivity contribution in [3.05, 3.63) is 65.2 Å². The van der Waals surface area contributed by atoms with Gasteiger partial charge in [0.25, 0.3) is 5.91 Å². The van der Waals surface area contributed by atoms with E-state index < -0.39 is 0 Å².